The van der Waals surface area contributed by atoms with Gasteiger partial charge in [0.15, 0.2) is 0 Å². The molecule has 0 heterocycles. The van der Waals surface area contributed by atoms with Gasteiger partial charge in [0.1, 0.15) is 24.2 Å². The molecular weight excluding hydrogens is 593 g/mol. The number of halogens is 2. The molecule has 0 aliphatic heterocycles. The molecule has 43 heavy (non-hydrogen) atoms. The summed E-state index contributed by atoms with van der Waals surface area (Å²) in [6, 6.07) is 16.8. The minimum Gasteiger partial charge on any atom is -0.497 e. The molecule has 1 aliphatic carbocycles. The van der Waals surface area contributed by atoms with Crippen LogP contribution in [0, 0.1) is 5.82 Å². The highest BCUT2D eigenvalue weighted by Crippen LogP contribution is 2.27. The lowest BCUT2D eigenvalue weighted by molar-refractivity contribution is -0.140. The summed E-state index contributed by atoms with van der Waals surface area (Å²) in [6.07, 6.45) is 5.28. The Morgan fingerprint density at radius 2 is 1.60 bits per heavy atom. The van der Waals surface area contributed by atoms with Crippen LogP contribution >= 0.6 is 11.6 Å². The predicted octanol–water partition coefficient (Wildman–Crippen LogP) is 5.94. The van der Waals surface area contributed by atoms with Crippen LogP contribution in [0.4, 0.5) is 10.1 Å². The summed E-state index contributed by atoms with van der Waals surface area (Å²) in [7, 11) is -2.82. The second-order valence-electron chi connectivity index (χ2n) is 10.6. The van der Waals surface area contributed by atoms with E-state index < -0.39 is 34.3 Å². The molecule has 0 aromatic heterocycles. The Kier molecular flexibility index (Phi) is 11.0. The number of carbonyl (C=O) groups is 2. The van der Waals surface area contributed by atoms with Crippen LogP contribution in [0.2, 0.25) is 5.02 Å². The summed E-state index contributed by atoms with van der Waals surface area (Å²) in [5.74, 6) is -0.941. The fourth-order valence-electron chi connectivity index (χ4n) is 5.26. The first-order chi connectivity index (χ1) is 20.6. The molecule has 0 saturated heterocycles. The highest BCUT2D eigenvalue weighted by Gasteiger charge is 2.34. The van der Waals surface area contributed by atoms with Gasteiger partial charge in [-0.25, -0.2) is 12.8 Å². The summed E-state index contributed by atoms with van der Waals surface area (Å²) in [4.78, 5) is 29.1. The van der Waals surface area contributed by atoms with Crippen LogP contribution in [0.1, 0.15) is 51.0 Å². The van der Waals surface area contributed by atoms with Crippen molar-refractivity contribution in [3.8, 4) is 5.75 Å². The van der Waals surface area contributed by atoms with Gasteiger partial charge in [0, 0.05) is 17.6 Å². The second kappa shape index (κ2) is 14.7. The molecular formula is C32H37ClFN3O5S. The average molecular weight is 630 g/mol. The molecule has 230 valence electrons. The zero-order chi connectivity index (χ0) is 31.0. The van der Waals surface area contributed by atoms with E-state index in [-0.39, 0.29) is 29.1 Å². The maximum absolute atomic E-state index is 14.2. The van der Waals surface area contributed by atoms with Gasteiger partial charge in [0.2, 0.25) is 11.8 Å². The Hall–Kier alpha value is -3.63. The van der Waals surface area contributed by atoms with E-state index >= 15 is 0 Å². The number of anilines is 1. The number of sulfonamides is 1. The van der Waals surface area contributed by atoms with Crippen LogP contribution in [-0.4, -0.2) is 50.9 Å². The molecule has 3 aromatic rings. The van der Waals surface area contributed by atoms with Crippen molar-refractivity contribution in [1.29, 1.82) is 0 Å². The largest absolute Gasteiger partial charge is 0.497 e. The van der Waals surface area contributed by atoms with Gasteiger partial charge < -0.3 is 15.0 Å². The number of carbonyl (C=O) groups excluding carboxylic acids is 2. The second-order valence-corrected chi connectivity index (χ2v) is 12.9. The summed E-state index contributed by atoms with van der Waals surface area (Å²) in [5.41, 5.74) is 0.838. The van der Waals surface area contributed by atoms with E-state index in [4.69, 9.17) is 16.3 Å². The van der Waals surface area contributed by atoms with E-state index in [1.54, 1.807) is 24.3 Å². The highest BCUT2D eigenvalue weighted by atomic mass is 35.5. The normalized spacial score (nSPS) is 14.5. The smallest absolute Gasteiger partial charge is 0.264 e. The molecule has 1 aliphatic rings. The molecule has 0 spiro atoms. The van der Waals surface area contributed by atoms with E-state index in [0.717, 1.165) is 54.1 Å². The molecule has 3 aromatic carbocycles. The van der Waals surface area contributed by atoms with E-state index in [1.807, 2.05) is 6.92 Å². The minimum absolute atomic E-state index is 0.0361. The molecule has 0 bridgehead atoms. The zero-order valence-corrected chi connectivity index (χ0v) is 25.9. The lowest BCUT2D eigenvalue weighted by atomic mass is 9.95. The molecule has 1 N–H and O–H groups in total. The quantitative estimate of drug-likeness (QED) is 0.268. The Morgan fingerprint density at radius 1 is 0.977 bits per heavy atom. The molecule has 1 atom stereocenters. The van der Waals surface area contributed by atoms with Crippen molar-refractivity contribution in [2.75, 3.05) is 18.0 Å². The fraction of sp³-hybridized carbons (Fsp3) is 0.375. The number of benzene rings is 3. The Morgan fingerprint density at radius 3 is 2.19 bits per heavy atom. The molecule has 0 unspecified atom stereocenters. The van der Waals surface area contributed by atoms with Crippen molar-refractivity contribution >= 4 is 39.1 Å². The third-order valence-corrected chi connectivity index (χ3v) is 9.68. The summed E-state index contributed by atoms with van der Waals surface area (Å²) in [5, 5.41) is 3.64. The van der Waals surface area contributed by atoms with Gasteiger partial charge in [0.25, 0.3) is 10.0 Å². The lowest BCUT2D eigenvalue weighted by Gasteiger charge is -2.34. The van der Waals surface area contributed by atoms with Crippen LogP contribution in [0.3, 0.4) is 0 Å². The van der Waals surface area contributed by atoms with Crippen LogP contribution in [0.15, 0.2) is 77.7 Å². The predicted molar refractivity (Wildman–Crippen MR) is 165 cm³/mol. The standard InChI is InChI=1S/C32H37ClFN3O5S/c1-3-30(32(39)35-26-7-5-4-6-8-26)36(21-23-9-11-24(33)12-10-23)31(38)22-37(27-15-13-25(34)14-16-27)43(40,41)29-19-17-28(42-2)18-20-29/h9-20,26,30H,3-8,21-22H2,1-2H3,(H,35,39)/t30-/m1/s1. The minimum atomic E-state index is -4.28. The van der Waals surface area contributed by atoms with E-state index in [0.29, 0.717) is 17.2 Å². The number of ether oxygens (including phenoxy) is 1. The first-order valence-electron chi connectivity index (χ1n) is 14.4. The number of amides is 2. The van der Waals surface area contributed by atoms with Crippen molar-refractivity contribution in [1.82, 2.24) is 10.2 Å². The fourth-order valence-corrected chi connectivity index (χ4v) is 6.80. The molecule has 8 nitrogen and oxygen atoms in total. The van der Waals surface area contributed by atoms with Crippen LogP contribution < -0.4 is 14.4 Å². The third kappa shape index (κ3) is 8.26. The summed E-state index contributed by atoms with van der Waals surface area (Å²) < 4.78 is 47.8. The van der Waals surface area contributed by atoms with Crippen molar-refractivity contribution in [2.45, 2.75) is 69.0 Å². The van der Waals surface area contributed by atoms with Gasteiger partial charge in [-0.15, -0.1) is 0 Å². The SMILES string of the molecule is CC[C@H](C(=O)NC1CCCCC1)N(Cc1ccc(Cl)cc1)C(=O)CN(c1ccc(F)cc1)S(=O)(=O)c1ccc(OC)cc1. The maximum atomic E-state index is 14.2. The van der Waals surface area contributed by atoms with Gasteiger partial charge in [-0.1, -0.05) is 49.9 Å². The number of nitrogens with one attached hydrogen (secondary N) is 1. The molecule has 11 heteroatoms. The van der Waals surface area contributed by atoms with Gasteiger partial charge in [-0.3, -0.25) is 13.9 Å². The van der Waals surface area contributed by atoms with E-state index in [2.05, 4.69) is 5.32 Å². The molecule has 0 radical (unpaired) electrons. The number of hydrogen-bond donors (Lipinski definition) is 1. The van der Waals surface area contributed by atoms with Gasteiger partial charge >= 0.3 is 0 Å². The summed E-state index contributed by atoms with van der Waals surface area (Å²) >= 11 is 6.08. The van der Waals surface area contributed by atoms with Crippen molar-refractivity contribution in [3.05, 3.63) is 89.2 Å². The first-order valence-corrected chi connectivity index (χ1v) is 16.2. The number of rotatable bonds is 12. The Bertz CT molecular complexity index is 1480. The highest BCUT2D eigenvalue weighted by molar-refractivity contribution is 7.92. The molecule has 1 fully saturated rings. The van der Waals surface area contributed by atoms with E-state index in [9.17, 15) is 22.4 Å². The molecule has 4 rings (SSSR count). The van der Waals surface area contributed by atoms with Crippen LogP contribution in [0.25, 0.3) is 0 Å². The third-order valence-electron chi connectivity index (χ3n) is 7.64. The van der Waals surface area contributed by atoms with Crippen molar-refractivity contribution in [3.63, 3.8) is 0 Å². The molecule has 1 saturated carbocycles. The van der Waals surface area contributed by atoms with Gasteiger partial charge in [0.05, 0.1) is 17.7 Å². The number of hydrogen-bond acceptors (Lipinski definition) is 5. The number of nitrogens with zero attached hydrogens (tertiary/aromatic N) is 2. The van der Waals surface area contributed by atoms with Crippen molar-refractivity contribution in [2.24, 2.45) is 0 Å². The summed E-state index contributed by atoms with van der Waals surface area (Å²) in [6.45, 7) is 1.27. The average Bonchev–Trinajstić information content (AvgIpc) is 3.01. The lowest BCUT2D eigenvalue weighted by Crippen LogP contribution is -2.54. The Balaban J connectivity index is 1.69. The van der Waals surface area contributed by atoms with Crippen LogP contribution in [0.5, 0.6) is 5.75 Å². The zero-order valence-electron chi connectivity index (χ0n) is 24.3. The molecule has 2 amide bonds. The first kappa shape index (κ1) is 32.3. The van der Waals surface area contributed by atoms with Crippen molar-refractivity contribution < 1.29 is 27.1 Å². The van der Waals surface area contributed by atoms with Gasteiger partial charge in [-0.2, -0.15) is 0 Å². The Labute approximate surface area is 257 Å². The van der Waals surface area contributed by atoms with E-state index in [1.165, 1.54) is 48.4 Å². The monoisotopic (exact) mass is 629 g/mol. The maximum Gasteiger partial charge on any atom is 0.264 e. The van der Waals surface area contributed by atoms with Crippen LogP contribution in [-0.2, 0) is 26.2 Å². The topological polar surface area (TPSA) is 96.0 Å². The van der Waals surface area contributed by atoms with Gasteiger partial charge in [-0.05, 0) is 85.5 Å². The number of methoxy groups -OCH3 is 1.